The van der Waals surface area contributed by atoms with Gasteiger partial charge >= 0.3 is 6.18 Å². The number of H-pyrrole nitrogens is 1. The molecule has 2 N–H and O–H groups in total. The van der Waals surface area contributed by atoms with Crippen molar-refractivity contribution in [1.82, 2.24) is 19.5 Å². The van der Waals surface area contributed by atoms with Gasteiger partial charge in [0.15, 0.2) is 0 Å². The molecule has 0 bridgehead atoms. The van der Waals surface area contributed by atoms with Crippen molar-refractivity contribution >= 4 is 28.5 Å². The Morgan fingerprint density at radius 2 is 1.80 bits per heavy atom. The van der Waals surface area contributed by atoms with E-state index in [1.165, 1.54) is 24.3 Å². The summed E-state index contributed by atoms with van der Waals surface area (Å²) in [5.74, 6) is 1.14. The van der Waals surface area contributed by atoms with Crippen LogP contribution in [0.25, 0.3) is 22.4 Å². The minimum Gasteiger partial charge on any atom is -0.348 e. The molecule has 156 valence electrons. The van der Waals surface area contributed by atoms with Crippen molar-refractivity contribution in [2.24, 2.45) is 7.05 Å². The lowest BCUT2D eigenvalue weighted by molar-refractivity contribution is -0.137. The number of nitrogens with one attached hydrogen (secondary N) is 2. The van der Waals surface area contributed by atoms with Gasteiger partial charge in [0.1, 0.15) is 17.5 Å². The standard InChI is InChI=1S/C20H18F4N6/c1-29(2)19-25-10-17(30(19)3)26-14-9-16-15(8-13(14)21)27-18(28-16)11-4-6-12(7-5-11)20(22,23)24/h4-10,26H,1-3H3,(H,27,28). The first-order valence-corrected chi connectivity index (χ1v) is 8.96. The molecule has 0 atom stereocenters. The van der Waals surface area contributed by atoms with Gasteiger partial charge in [-0.15, -0.1) is 0 Å². The number of alkyl halides is 3. The lowest BCUT2D eigenvalue weighted by Crippen LogP contribution is -2.14. The average Bonchev–Trinajstić information content (AvgIpc) is 3.25. The average molecular weight is 418 g/mol. The number of rotatable bonds is 4. The van der Waals surface area contributed by atoms with Crippen LogP contribution < -0.4 is 10.2 Å². The second-order valence-electron chi connectivity index (χ2n) is 7.03. The van der Waals surface area contributed by atoms with Crippen LogP contribution in [0.1, 0.15) is 5.56 Å². The van der Waals surface area contributed by atoms with Crippen molar-refractivity contribution < 1.29 is 17.6 Å². The number of hydrogen-bond donors (Lipinski definition) is 2. The van der Waals surface area contributed by atoms with Crippen LogP contribution in [0.4, 0.5) is 35.0 Å². The number of aromatic nitrogens is 4. The molecule has 0 saturated carbocycles. The van der Waals surface area contributed by atoms with Crippen LogP contribution in [-0.2, 0) is 13.2 Å². The van der Waals surface area contributed by atoms with Gasteiger partial charge < -0.3 is 19.8 Å². The van der Waals surface area contributed by atoms with E-state index in [1.54, 1.807) is 17.8 Å². The van der Waals surface area contributed by atoms with Crippen LogP contribution in [0.2, 0.25) is 0 Å². The summed E-state index contributed by atoms with van der Waals surface area (Å²) in [5, 5.41) is 3.00. The van der Waals surface area contributed by atoms with E-state index in [9.17, 15) is 17.6 Å². The van der Waals surface area contributed by atoms with E-state index >= 15 is 0 Å². The molecule has 6 nitrogen and oxygen atoms in total. The van der Waals surface area contributed by atoms with Gasteiger partial charge in [-0.3, -0.25) is 0 Å². The molecule has 2 aromatic carbocycles. The molecule has 2 aromatic heterocycles. The van der Waals surface area contributed by atoms with Crippen LogP contribution in [0.15, 0.2) is 42.6 Å². The predicted molar refractivity (Wildman–Crippen MR) is 107 cm³/mol. The molecule has 0 spiro atoms. The Morgan fingerprint density at radius 1 is 1.10 bits per heavy atom. The SMILES string of the molecule is CN(C)c1ncc(Nc2cc3nc(-c4ccc(C(F)(F)F)cc4)[nH]c3cc2F)n1C. The van der Waals surface area contributed by atoms with Crippen LogP contribution >= 0.6 is 0 Å². The molecular weight excluding hydrogens is 400 g/mol. The maximum absolute atomic E-state index is 14.6. The first-order chi connectivity index (χ1) is 14.1. The molecule has 0 aliphatic carbocycles. The summed E-state index contributed by atoms with van der Waals surface area (Å²) in [4.78, 5) is 13.4. The predicted octanol–water partition coefficient (Wildman–Crippen LogP) is 4.93. The lowest BCUT2D eigenvalue weighted by Gasteiger charge is -2.13. The van der Waals surface area contributed by atoms with Crippen molar-refractivity contribution in [1.29, 1.82) is 0 Å². The summed E-state index contributed by atoms with van der Waals surface area (Å²) in [6.07, 6.45) is -2.81. The highest BCUT2D eigenvalue weighted by molar-refractivity contribution is 5.84. The van der Waals surface area contributed by atoms with Gasteiger partial charge in [-0.05, 0) is 18.2 Å². The number of hydrogen-bond acceptors (Lipinski definition) is 4. The zero-order valence-electron chi connectivity index (χ0n) is 16.3. The minimum absolute atomic E-state index is 0.210. The molecule has 0 aliphatic heterocycles. The molecule has 30 heavy (non-hydrogen) atoms. The molecule has 4 aromatic rings. The number of imidazole rings is 2. The summed E-state index contributed by atoms with van der Waals surface area (Å²) in [6.45, 7) is 0. The third-order valence-corrected chi connectivity index (χ3v) is 4.68. The van der Waals surface area contributed by atoms with Crippen molar-refractivity contribution in [3.05, 3.63) is 54.0 Å². The molecule has 0 unspecified atom stereocenters. The lowest BCUT2D eigenvalue weighted by atomic mass is 10.1. The van der Waals surface area contributed by atoms with E-state index in [-0.39, 0.29) is 5.69 Å². The smallest absolute Gasteiger partial charge is 0.348 e. The van der Waals surface area contributed by atoms with Gasteiger partial charge in [-0.1, -0.05) is 12.1 Å². The second kappa shape index (κ2) is 7.05. The molecule has 10 heteroatoms. The largest absolute Gasteiger partial charge is 0.416 e. The van der Waals surface area contributed by atoms with Crippen LogP contribution in [0.3, 0.4) is 0 Å². The van der Waals surface area contributed by atoms with E-state index in [4.69, 9.17) is 0 Å². The molecule has 0 radical (unpaired) electrons. The molecule has 0 amide bonds. The molecule has 0 fully saturated rings. The monoisotopic (exact) mass is 418 g/mol. The summed E-state index contributed by atoms with van der Waals surface area (Å²) < 4.78 is 54.7. The van der Waals surface area contributed by atoms with Crippen molar-refractivity contribution in [2.75, 3.05) is 24.3 Å². The number of nitrogens with zero attached hydrogens (tertiary/aromatic N) is 4. The molecule has 4 rings (SSSR count). The third kappa shape index (κ3) is 3.56. The van der Waals surface area contributed by atoms with E-state index in [1.807, 2.05) is 19.0 Å². The number of anilines is 3. The van der Waals surface area contributed by atoms with E-state index in [0.29, 0.717) is 34.2 Å². The van der Waals surface area contributed by atoms with E-state index < -0.39 is 17.6 Å². The zero-order valence-corrected chi connectivity index (χ0v) is 16.3. The Balaban J connectivity index is 1.66. The number of halogens is 4. The summed E-state index contributed by atoms with van der Waals surface area (Å²) in [5.41, 5.74) is 0.849. The van der Waals surface area contributed by atoms with Crippen molar-refractivity contribution in [3.8, 4) is 11.4 Å². The van der Waals surface area contributed by atoms with Gasteiger partial charge in [0.25, 0.3) is 0 Å². The first-order valence-electron chi connectivity index (χ1n) is 8.96. The molecule has 0 aliphatic rings. The van der Waals surface area contributed by atoms with Gasteiger partial charge in [0, 0.05) is 32.8 Å². The Hall–Kier alpha value is -3.56. The number of fused-ring (bicyclic) bond motifs is 1. The van der Waals surface area contributed by atoms with Gasteiger partial charge in [0.2, 0.25) is 5.95 Å². The highest BCUT2D eigenvalue weighted by Gasteiger charge is 2.30. The highest BCUT2D eigenvalue weighted by Crippen LogP contribution is 2.32. The molecule has 0 saturated heterocycles. The van der Waals surface area contributed by atoms with Crippen LogP contribution in [0, 0.1) is 5.82 Å². The van der Waals surface area contributed by atoms with Gasteiger partial charge in [-0.25, -0.2) is 14.4 Å². The summed E-state index contributed by atoms with van der Waals surface area (Å²) >= 11 is 0. The summed E-state index contributed by atoms with van der Waals surface area (Å²) in [7, 11) is 5.51. The fourth-order valence-corrected chi connectivity index (χ4v) is 3.15. The Morgan fingerprint density at radius 3 is 2.40 bits per heavy atom. The van der Waals surface area contributed by atoms with Gasteiger partial charge in [0.05, 0.1) is 28.5 Å². The van der Waals surface area contributed by atoms with Crippen LogP contribution in [0.5, 0.6) is 0 Å². The highest BCUT2D eigenvalue weighted by atomic mass is 19.4. The van der Waals surface area contributed by atoms with E-state index in [2.05, 4.69) is 20.3 Å². The third-order valence-electron chi connectivity index (χ3n) is 4.68. The fourth-order valence-electron chi connectivity index (χ4n) is 3.15. The topological polar surface area (TPSA) is 61.8 Å². The maximum Gasteiger partial charge on any atom is 0.416 e. The Bertz CT molecular complexity index is 1200. The number of aromatic amines is 1. The maximum atomic E-state index is 14.6. The Labute approximate surface area is 169 Å². The number of benzene rings is 2. The van der Waals surface area contributed by atoms with Crippen molar-refractivity contribution in [2.45, 2.75) is 6.18 Å². The summed E-state index contributed by atoms with van der Waals surface area (Å²) in [6, 6.07) is 7.46. The first kappa shape index (κ1) is 19.7. The second-order valence-corrected chi connectivity index (χ2v) is 7.03. The van der Waals surface area contributed by atoms with Gasteiger partial charge in [-0.2, -0.15) is 13.2 Å². The Kier molecular flexibility index (Phi) is 4.64. The quantitative estimate of drug-likeness (QED) is 0.462. The van der Waals surface area contributed by atoms with Crippen molar-refractivity contribution in [3.63, 3.8) is 0 Å². The molecule has 2 heterocycles. The molecular formula is C20H18F4N6. The minimum atomic E-state index is -4.41. The fraction of sp³-hybridized carbons (Fsp3) is 0.200. The van der Waals surface area contributed by atoms with E-state index in [0.717, 1.165) is 12.1 Å². The van der Waals surface area contributed by atoms with Crippen LogP contribution in [-0.4, -0.2) is 33.6 Å². The zero-order chi connectivity index (χ0) is 21.6. The normalized spacial score (nSPS) is 11.8.